The molecule has 0 saturated carbocycles. The number of hydrogen-bond acceptors (Lipinski definition) is 7. The molecule has 0 unspecified atom stereocenters. The van der Waals surface area contributed by atoms with Gasteiger partial charge in [-0.3, -0.25) is 0 Å². The SMILES string of the molecule is CCSc1nc(Cc2nc([C@@H]3CCOC3)no2)cs1. The molecule has 1 aliphatic rings. The van der Waals surface area contributed by atoms with Gasteiger partial charge in [0.2, 0.25) is 5.89 Å². The Morgan fingerprint density at radius 2 is 2.42 bits per heavy atom. The Morgan fingerprint density at radius 1 is 1.47 bits per heavy atom. The predicted octanol–water partition coefficient (Wildman–Crippen LogP) is 2.73. The normalized spacial score (nSPS) is 19.1. The summed E-state index contributed by atoms with van der Waals surface area (Å²) in [5, 5.41) is 6.10. The lowest BCUT2D eigenvalue weighted by Gasteiger charge is -1.97. The number of thiazole rings is 1. The molecule has 0 amide bonds. The number of hydrogen-bond donors (Lipinski definition) is 0. The van der Waals surface area contributed by atoms with Crippen molar-refractivity contribution in [2.24, 2.45) is 0 Å². The van der Waals surface area contributed by atoms with Crippen LogP contribution in [0.3, 0.4) is 0 Å². The van der Waals surface area contributed by atoms with Gasteiger partial charge in [-0.05, 0) is 12.2 Å². The Bertz CT molecular complexity index is 535. The summed E-state index contributed by atoms with van der Waals surface area (Å²) in [5.41, 5.74) is 0.999. The van der Waals surface area contributed by atoms with Gasteiger partial charge < -0.3 is 9.26 Å². The van der Waals surface area contributed by atoms with Crippen LogP contribution in [0.1, 0.15) is 36.7 Å². The summed E-state index contributed by atoms with van der Waals surface area (Å²) >= 11 is 3.42. The number of aromatic nitrogens is 3. The molecule has 19 heavy (non-hydrogen) atoms. The molecule has 2 aromatic heterocycles. The van der Waals surface area contributed by atoms with E-state index in [0.29, 0.717) is 24.8 Å². The Morgan fingerprint density at radius 3 is 3.21 bits per heavy atom. The molecule has 1 saturated heterocycles. The van der Waals surface area contributed by atoms with E-state index in [0.717, 1.165) is 34.6 Å². The van der Waals surface area contributed by atoms with Crippen LogP contribution in [-0.4, -0.2) is 34.1 Å². The lowest BCUT2D eigenvalue weighted by Crippen LogP contribution is -2.00. The van der Waals surface area contributed by atoms with Crippen LogP contribution in [0, 0.1) is 0 Å². The van der Waals surface area contributed by atoms with E-state index in [1.165, 1.54) is 0 Å². The third-order valence-corrected chi connectivity index (χ3v) is 4.86. The molecule has 2 aromatic rings. The van der Waals surface area contributed by atoms with E-state index >= 15 is 0 Å². The zero-order valence-electron chi connectivity index (χ0n) is 10.7. The molecular weight excluding hydrogens is 282 g/mol. The van der Waals surface area contributed by atoms with Crippen molar-refractivity contribution in [3.8, 4) is 0 Å². The third kappa shape index (κ3) is 3.16. The van der Waals surface area contributed by atoms with Crippen molar-refractivity contribution in [2.75, 3.05) is 19.0 Å². The molecule has 1 atom stereocenters. The maximum absolute atomic E-state index is 5.33. The highest BCUT2D eigenvalue weighted by Crippen LogP contribution is 2.25. The maximum Gasteiger partial charge on any atom is 0.232 e. The minimum absolute atomic E-state index is 0.291. The fourth-order valence-corrected chi connectivity index (χ4v) is 3.70. The third-order valence-electron chi connectivity index (χ3n) is 2.91. The maximum atomic E-state index is 5.33. The second-order valence-corrected chi connectivity index (χ2v) is 6.69. The molecule has 0 radical (unpaired) electrons. The number of rotatable bonds is 5. The van der Waals surface area contributed by atoms with E-state index in [4.69, 9.17) is 9.26 Å². The monoisotopic (exact) mass is 297 g/mol. The molecule has 0 spiro atoms. The fourth-order valence-electron chi connectivity index (χ4n) is 1.96. The van der Waals surface area contributed by atoms with Gasteiger partial charge in [0.25, 0.3) is 0 Å². The second-order valence-electron chi connectivity index (χ2n) is 4.32. The van der Waals surface area contributed by atoms with Gasteiger partial charge >= 0.3 is 0 Å². The van der Waals surface area contributed by atoms with Crippen LogP contribution in [0.2, 0.25) is 0 Å². The van der Waals surface area contributed by atoms with Crippen molar-refractivity contribution < 1.29 is 9.26 Å². The van der Waals surface area contributed by atoms with Gasteiger partial charge in [-0.25, -0.2) is 4.98 Å². The summed E-state index contributed by atoms with van der Waals surface area (Å²) in [6.07, 6.45) is 1.59. The Hall–Kier alpha value is -0.920. The van der Waals surface area contributed by atoms with Gasteiger partial charge in [0.15, 0.2) is 5.82 Å². The average molecular weight is 297 g/mol. The highest BCUT2D eigenvalue weighted by Gasteiger charge is 2.23. The zero-order chi connectivity index (χ0) is 13.1. The summed E-state index contributed by atoms with van der Waals surface area (Å²) in [5.74, 6) is 2.74. The summed E-state index contributed by atoms with van der Waals surface area (Å²) in [6.45, 7) is 3.62. The molecule has 3 heterocycles. The lowest BCUT2D eigenvalue weighted by molar-refractivity contribution is 0.192. The average Bonchev–Trinajstić information content (AvgIpc) is 3.10. The van der Waals surface area contributed by atoms with Crippen LogP contribution < -0.4 is 0 Å². The highest BCUT2D eigenvalue weighted by molar-refractivity contribution is 8.00. The van der Waals surface area contributed by atoms with Crippen molar-refractivity contribution >= 4 is 23.1 Å². The van der Waals surface area contributed by atoms with E-state index in [-0.39, 0.29) is 0 Å². The molecule has 102 valence electrons. The smallest absolute Gasteiger partial charge is 0.232 e. The van der Waals surface area contributed by atoms with Gasteiger partial charge in [-0.1, -0.05) is 23.8 Å². The summed E-state index contributed by atoms with van der Waals surface area (Å²) in [4.78, 5) is 8.97. The fraction of sp³-hybridized carbons (Fsp3) is 0.583. The molecule has 7 heteroatoms. The van der Waals surface area contributed by atoms with Gasteiger partial charge in [-0.15, -0.1) is 11.3 Å². The first-order valence-electron chi connectivity index (χ1n) is 6.32. The summed E-state index contributed by atoms with van der Waals surface area (Å²) in [7, 11) is 0. The van der Waals surface area contributed by atoms with Crippen LogP contribution in [0.4, 0.5) is 0 Å². The van der Waals surface area contributed by atoms with Crippen molar-refractivity contribution in [2.45, 2.75) is 30.0 Å². The molecule has 0 bridgehead atoms. The molecule has 3 rings (SSSR count). The summed E-state index contributed by atoms with van der Waals surface area (Å²) < 4.78 is 11.7. The number of thioether (sulfide) groups is 1. The Labute approximate surface area is 119 Å². The van der Waals surface area contributed by atoms with Gasteiger partial charge in [0.05, 0.1) is 18.7 Å². The standard InChI is InChI=1S/C12H15N3O2S2/c1-2-18-12-13-9(7-19-12)5-10-14-11(15-17-10)8-3-4-16-6-8/h7-8H,2-6H2,1H3/t8-/m1/s1. The van der Waals surface area contributed by atoms with Crippen molar-refractivity contribution in [3.05, 3.63) is 22.8 Å². The van der Waals surface area contributed by atoms with Gasteiger partial charge in [-0.2, -0.15) is 4.98 Å². The quantitative estimate of drug-likeness (QED) is 0.791. The van der Waals surface area contributed by atoms with Crippen molar-refractivity contribution in [3.63, 3.8) is 0 Å². The number of ether oxygens (including phenoxy) is 1. The molecule has 5 nitrogen and oxygen atoms in total. The van der Waals surface area contributed by atoms with E-state index < -0.39 is 0 Å². The molecule has 1 fully saturated rings. The first-order chi connectivity index (χ1) is 9.35. The Balaban J connectivity index is 1.65. The summed E-state index contributed by atoms with van der Waals surface area (Å²) in [6, 6.07) is 0. The van der Waals surface area contributed by atoms with Crippen LogP contribution in [0.25, 0.3) is 0 Å². The van der Waals surface area contributed by atoms with Crippen LogP contribution in [0.5, 0.6) is 0 Å². The first-order valence-corrected chi connectivity index (χ1v) is 8.19. The minimum atomic E-state index is 0.291. The Kier molecular flexibility index (Phi) is 4.15. The van der Waals surface area contributed by atoms with Gasteiger partial charge in [0.1, 0.15) is 4.34 Å². The van der Waals surface area contributed by atoms with E-state index in [9.17, 15) is 0 Å². The van der Waals surface area contributed by atoms with E-state index in [1.54, 1.807) is 23.1 Å². The number of nitrogens with zero attached hydrogens (tertiary/aromatic N) is 3. The van der Waals surface area contributed by atoms with Gasteiger partial charge in [0, 0.05) is 17.9 Å². The largest absolute Gasteiger partial charge is 0.381 e. The first kappa shape index (κ1) is 13.1. The zero-order valence-corrected chi connectivity index (χ0v) is 12.3. The molecule has 1 aliphatic heterocycles. The predicted molar refractivity (Wildman–Crippen MR) is 73.8 cm³/mol. The van der Waals surface area contributed by atoms with E-state index in [2.05, 4.69) is 27.4 Å². The van der Waals surface area contributed by atoms with Crippen LogP contribution >= 0.6 is 23.1 Å². The topological polar surface area (TPSA) is 61.0 Å². The second kappa shape index (κ2) is 6.02. The van der Waals surface area contributed by atoms with Crippen LogP contribution in [-0.2, 0) is 11.2 Å². The van der Waals surface area contributed by atoms with E-state index in [1.807, 2.05) is 0 Å². The molecule has 0 N–H and O–H groups in total. The van der Waals surface area contributed by atoms with Crippen LogP contribution in [0.15, 0.2) is 14.2 Å². The van der Waals surface area contributed by atoms with Crippen molar-refractivity contribution in [1.82, 2.24) is 15.1 Å². The lowest BCUT2D eigenvalue weighted by atomic mass is 10.1. The highest BCUT2D eigenvalue weighted by atomic mass is 32.2. The molecule has 0 aliphatic carbocycles. The van der Waals surface area contributed by atoms with Crippen molar-refractivity contribution in [1.29, 1.82) is 0 Å². The minimum Gasteiger partial charge on any atom is -0.381 e. The molecular formula is C12H15N3O2S2. The molecule has 0 aromatic carbocycles.